The Morgan fingerprint density at radius 3 is 2.40 bits per heavy atom. The van der Waals surface area contributed by atoms with E-state index in [1.165, 1.54) is 12.1 Å². The van der Waals surface area contributed by atoms with Gasteiger partial charge in [0, 0.05) is 32.7 Å². The SMILES string of the molecule is O=C(c1ccccc1Cl)N1CCN(CCOc2ccc(F)cc2)CC1. The molecule has 1 aliphatic rings. The molecule has 2 aromatic rings. The van der Waals surface area contributed by atoms with Crippen LogP contribution >= 0.6 is 11.6 Å². The van der Waals surface area contributed by atoms with Gasteiger partial charge < -0.3 is 9.64 Å². The number of hydrogen-bond acceptors (Lipinski definition) is 3. The van der Waals surface area contributed by atoms with Crippen LogP contribution in [-0.2, 0) is 0 Å². The molecule has 1 heterocycles. The van der Waals surface area contributed by atoms with Crippen molar-refractivity contribution in [3.8, 4) is 5.75 Å². The van der Waals surface area contributed by atoms with Gasteiger partial charge >= 0.3 is 0 Å². The molecule has 25 heavy (non-hydrogen) atoms. The van der Waals surface area contributed by atoms with Crippen LogP contribution in [-0.4, -0.2) is 55.0 Å². The summed E-state index contributed by atoms with van der Waals surface area (Å²) in [6.07, 6.45) is 0. The van der Waals surface area contributed by atoms with Crippen LogP contribution in [0.5, 0.6) is 5.75 Å². The number of benzene rings is 2. The van der Waals surface area contributed by atoms with Gasteiger partial charge in [0.25, 0.3) is 5.91 Å². The Hall–Kier alpha value is -2.11. The second kappa shape index (κ2) is 8.32. The Kier molecular flexibility index (Phi) is 5.89. The summed E-state index contributed by atoms with van der Waals surface area (Å²) in [5.41, 5.74) is 0.553. The molecule has 0 bridgehead atoms. The smallest absolute Gasteiger partial charge is 0.255 e. The highest BCUT2D eigenvalue weighted by molar-refractivity contribution is 6.33. The van der Waals surface area contributed by atoms with Crippen molar-refractivity contribution >= 4 is 17.5 Å². The van der Waals surface area contributed by atoms with Crippen molar-refractivity contribution in [2.45, 2.75) is 0 Å². The molecule has 3 rings (SSSR count). The van der Waals surface area contributed by atoms with E-state index in [-0.39, 0.29) is 11.7 Å². The topological polar surface area (TPSA) is 32.8 Å². The standard InChI is InChI=1S/C19H20ClFN2O2/c20-18-4-2-1-3-17(18)19(24)23-11-9-22(10-12-23)13-14-25-16-7-5-15(21)6-8-16/h1-8H,9-14H2. The molecular weight excluding hydrogens is 343 g/mol. The summed E-state index contributed by atoms with van der Waals surface area (Å²) in [6.45, 7) is 4.22. The predicted molar refractivity (Wildman–Crippen MR) is 95.7 cm³/mol. The van der Waals surface area contributed by atoms with Crippen LogP contribution in [0.25, 0.3) is 0 Å². The normalized spacial score (nSPS) is 15.2. The zero-order chi connectivity index (χ0) is 17.6. The van der Waals surface area contributed by atoms with Crippen molar-refractivity contribution in [3.63, 3.8) is 0 Å². The van der Waals surface area contributed by atoms with Crippen LogP contribution in [0.4, 0.5) is 4.39 Å². The molecule has 0 aromatic heterocycles. The van der Waals surface area contributed by atoms with E-state index in [1.54, 1.807) is 24.3 Å². The Bertz CT molecular complexity index is 716. The molecule has 6 heteroatoms. The fourth-order valence-corrected chi connectivity index (χ4v) is 3.02. The number of nitrogens with zero attached hydrogens (tertiary/aromatic N) is 2. The number of ether oxygens (including phenoxy) is 1. The van der Waals surface area contributed by atoms with E-state index in [1.807, 2.05) is 17.0 Å². The highest BCUT2D eigenvalue weighted by Crippen LogP contribution is 2.18. The van der Waals surface area contributed by atoms with E-state index in [9.17, 15) is 9.18 Å². The summed E-state index contributed by atoms with van der Waals surface area (Å²) in [7, 11) is 0. The summed E-state index contributed by atoms with van der Waals surface area (Å²) in [5.74, 6) is 0.369. The van der Waals surface area contributed by atoms with Crippen molar-refractivity contribution in [1.82, 2.24) is 9.80 Å². The minimum atomic E-state index is -0.272. The summed E-state index contributed by atoms with van der Waals surface area (Å²) < 4.78 is 18.5. The van der Waals surface area contributed by atoms with E-state index in [0.29, 0.717) is 36.0 Å². The molecule has 0 radical (unpaired) electrons. The fourth-order valence-electron chi connectivity index (χ4n) is 2.80. The number of carbonyl (C=O) groups is 1. The van der Waals surface area contributed by atoms with Crippen LogP contribution in [0.15, 0.2) is 48.5 Å². The molecule has 1 aliphatic heterocycles. The van der Waals surface area contributed by atoms with E-state index in [2.05, 4.69) is 4.90 Å². The third kappa shape index (κ3) is 4.71. The molecular formula is C19H20ClFN2O2. The lowest BCUT2D eigenvalue weighted by Crippen LogP contribution is -2.49. The summed E-state index contributed by atoms with van der Waals surface area (Å²) in [5, 5.41) is 0.489. The summed E-state index contributed by atoms with van der Waals surface area (Å²) in [6, 6.07) is 13.1. The van der Waals surface area contributed by atoms with Crippen LogP contribution in [0.2, 0.25) is 5.02 Å². The average molecular weight is 363 g/mol. The van der Waals surface area contributed by atoms with Gasteiger partial charge in [-0.25, -0.2) is 4.39 Å². The summed E-state index contributed by atoms with van der Waals surface area (Å²) >= 11 is 6.11. The van der Waals surface area contributed by atoms with Gasteiger partial charge in [0.2, 0.25) is 0 Å². The van der Waals surface area contributed by atoms with Crippen molar-refractivity contribution < 1.29 is 13.9 Å². The number of halogens is 2. The van der Waals surface area contributed by atoms with Crippen molar-refractivity contribution in [1.29, 1.82) is 0 Å². The van der Waals surface area contributed by atoms with Gasteiger partial charge in [0.1, 0.15) is 18.2 Å². The lowest BCUT2D eigenvalue weighted by atomic mass is 10.2. The molecule has 0 saturated carbocycles. The monoisotopic (exact) mass is 362 g/mol. The quantitative estimate of drug-likeness (QED) is 0.818. The highest BCUT2D eigenvalue weighted by Gasteiger charge is 2.23. The van der Waals surface area contributed by atoms with Gasteiger partial charge in [-0.05, 0) is 36.4 Å². The Morgan fingerprint density at radius 1 is 1.04 bits per heavy atom. The Labute approximate surface area is 151 Å². The molecule has 0 unspecified atom stereocenters. The van der Waals surface area contributed by atoms with E-state index < -0.39 is 0 Å². The fraction of sp³-hybridized carbons (Fsp3) is 0.316. The van der Waals surface area contributed by atoms with Crippen LogP contribution < -0.4 is 4.74 Å². The third-order valence-corrected chi connectivity index (χ3v) is 4.58. The van der Waals surface area contributed by atoms with E-state index in [0.717, 1.165) is 19.6 Å². The van der Waals surface area contributed by atoms with Crippen LogP contribution in [0.1, 0.15) is 10.4 Å². The number of carbonyl (C=O) groups excluding carboxylic acids is 1. The van der Waals surface area contributed by atoms with Gasteiger partial charge in [-0.3, -0.25) is 9.69 Å². The minimum Gasteiger partial charge on any atom is -0.492 e. The first-order valence-corrected chi connectivity index (χ1v) is 8.66. The maximum absolute atomic E-state index is 12.8. The van der Waals surface area contributed by atoms with Crippen LogP contribution in [0, 0.1) is 5.82 Å². The molecule has 0 atom stereocenters. The van der Waals surface area contributed by atoms with Crippen molar-refractivity contribution in [2.75, 3.05) is 39.3 Å². The summed E-state index contributed by atoms with van der Waals surface area (Å²) in [4.78, 5) is 16.6. The van der Waals surface area contributed by atoms with E-state index >= 15 is 0 Å². The first-order chi connectivity index (χ1) is 12.1. The largest absolute Gasteiger partial charge is 0.492 e. The molecule has 1 saturated heterocycles. The van der Waals surface area contributed by atoms with E-state index in [4.69, 9.17) is 16.3 Å². The first kappa shape index (κ1) is 17.7. The molecule has 2 aromatic carbocycles. The second-order valence-corrected chi connectivity index (χ2v) is 6.32. The van der Waals surface area contributed by atoms with Crippen LogP contribution in [0.3, 0.4) is 0 Å². The van der Waals surface area contributed by atoms with Gasteiger partial charge in [-0.1, -0.05) is 23.7 Å². The van der Waals surface area contributed by atoms with Gasteiger partial charge in [0.05, 0.1) is 10.6 Å². The lowest BCUT2D eigenvalue weighted by Gasteiger charge is -2.34. The molecule has 0 N–H and O–H groups in total. The minimum absolute atomic E-state index is 0.0205. The Balaban J connectivity index is 1.43. The number of rotatable bonds is 5. The molecule has 1 fully saturated rings. The highest BCUT2D eigenvalue weighted by atomic mass is 35.5. The third-order valence-electron chi connectivity index (χ3n) is 4.25. The predicted octanol–water partition coefficient (Wildman–Crippen LogP) is 3.32. The van der Waals surface area contributed by atoms with Crippen molar-refractivity contribution in [2.24, 2.45) is 0 Å². The second-order valence-electron chi connectivity index (χ2n) is 5.92. The molecule has 0 aliphatic carbocycles. The molecule has 132 valence electrons. The number of hydrogen-bond donors (Lipinski definition) is 0. The van der Waals surface area contributed by atoms with Gasteiger partial charge in [-0.15, -0.1) is 0 Å². The lowest BCUT2D eigenvalue weighted by molar-refractivity contribution is 0.0620. The maximum Gasteiger partial charge on any atom is 0.255 e. The number of piperazine rings is 1. The van der Waals surface area contributed by atoms with Gasteiger partial charge in [-0.2, -0.15) is 0 Å². The molecule has 1 amide bonds. The molecule has 4 nitrogen and oxygen atoms in total. The zero-order valence-corrected chi connectivity index (χ0v) is 14.6. The first-order valence-electron chi connectivity index (χ1n) is 8.28. The van der Waals surface area contributed by atoms with Gasteiger partial charge in [0.15, 0.2) is 0 Å². The zero-order valence-electron chi connectivity index (χ0n) is 13.8. The number of amides is 1. The maximum atomic E-state index is 12.8. The molecule has 0 spiro atoms. The van der Waals surface area contributed by atoms with Crippen molar-refractivity contribution in [3.05, 3.63) is 64.9 Å². The average Bonchev–Trinajstić information content (AvgIpc) is 2.64. The Morgan fingerprint density at radius 2 is 1.72 bits per heavy atom.